The molecule has 2 aromatic rings. The van der Waals surface area contributed by atoms with Gasteiger partial charge in [0.15, 0.2) is 5.78 Å². The molecule has 2 aromatic heterocycles. The van der Waals surface area contributed by atoms with Crippen LogP contribution in [-0.2, 0) is 22.4 Å². The van der Waals surface area contributed by atoms with Gasteiger partial charge in [-0.2, -0.15) is 10.1 Å². The molecular weight excluding hydrogens is 462 g/mol. The average Bonchev–Trinajstić information content (AvgIpc) is 3.41. The Balaban J connectivity index is 1.52. The van der Waals surface area contributed by atoms with Gasteiger partial charge in [0.1, 0.15) is 11.9 Å². The number of rotatable bonds is 8. The number of esters is 1. The minimum atomic E-state index is -0.675. The van der Waals surface area contributed by atoms with Crippen LogP contribution in [0, 0.1) is 11.3 Å². The Labute approximate surface area is 209 Å². The molecule has 11 heteroatoms. The van der Waals surface area contributed by atoms with Crippen molar-refractivity contribution in [1.82, 2.24) is 19.7 Å². The topological polar surface area (TPSA) is 168 Å². The third-order valence-corrected chi connectivity index (χ3v) is 7.25. The number of ether oxygens (including phenoxy) is 1. The summed E-state index contributed by atoms with van der Waals surface area (Å²) in [6.07, 6.45) is 7.45. The highest BCUT2D eigenvalue weighted by molar-refractivity contribution is 6.00. The molecule has 36 heavy (non-hydrogen) atoms. The summed E-state index contributed by atoms with van der Waals surface area (Å²) >= 11 is 0. The molecule has 3 aliphatic carbocycles. The number of carbonyl (C=O) groups is 3. The zero-order valence-corrected chi connectivity index (χ0v) is 20.7. The van der Waals surface area contributed by atoms with E-state index < -0.39 is 11.9 Å². The maximum atomic E-state index is 13.1. The minimum absolute atomic E-state index is 0.103. The molecular formula is C25H33N7O4. The van der Waals surface area contributed by atoms with Crippen molar-refractivity contribution >= 4 is 23.5 Å². The molecule has 5 N–H and O–H groups in total. The van der Waals surface area contributed by atoms with E-state index in [0.717, 1.165) is 43.5 Å². The van der Waals surface area contributed by atoms with Gasteiger partial charge in [0.2, 0.25) is 0 Å². The van der Waals surface area contributed by atoms with Gasteiger partial charge in [-0.25, -0.2) is 9.67 Å². The van der Waals surface area contributed by atoms with Crippen LogP contribution in [0.4, 0.5) is 5.82 Å². The van der Waals surface area contributed by atoms with Crippen LogP contribution in [0.15, 0.2) is 6.20 Å². The summed E-state index contributed by atoms with van der Waals surface area (Å²) in [5, 5.41) is 8.07. The van der Waals surface area contributed by atoms with Crippen LogP contribution in [0.3, 0.4) is 0 Å². The largest absolute Gasteiger partial charge is 0.459 e. The van der Waals surface area contributed by atoms with Crippen molar-refractivity contribution in [1.29, 1.82) is 0 Å². The fourth-order valence-electron chi connectivity index (χ4n) is 5.32. The van der Waals surface area contributed by atoms with Crippen LogP contribution in [0.5, 0.6) is 0 Å². The highest BCUT2D eigenvalue weighted by Crippen LogP contribution is 2.40. The SMILES string of the molecule is CC1(C)CC(=O)c2c(CC3CC3)nn(-c3ncc(C(N)=O)c(NC4CCCC4OC(=O)CN)n3)c2C1. The van der Waals surface area contributed by atoms with Crippen LogP contribution in [0.1, 0.15) is 84.5 Å². The third-order valence-electron chi connectivity index (χ3n) is 7.25. The molecule has 1 amide bonds. The Kier molecular flexibility index (Phi) is 6.27. The van der Waals surface area contributed by atoms with Crippen molar-refractivity contribution in [3.63, 3.8) is 0 Å². The van der Waals surface area contributed by atoms with E-state index >= 15 is 0 Å². The Morgan fingerprint density at radius 1 is 1.22 bits per heavy atom. The van der Waals surface area contributed by atoms with Gasteiger partial charge in [-0.05, 0) is 56.3 Å². The summed E-state index contributed by atoms with van der Waals surface area (Å²) < 4.78 is 7.13. The van der Waals surface area contributed by atoms with E-state index in [0.29, 0.717) is 30.7 Å². The number of carbonyl (C=O) groups excluding carboxylic acids is 3. The van der Waals surface area contributed by atoms with Gasteiger partial charge in [-0.3, -0.25) is 14.4 Å². The first-order chi connectivity index (χ1) is 17.1. The average molecular weight is 496 g/mol. The maximum Gasteiger partial charge on any atom is 0.320 e. The van der Waals surface area contributed by atoms with E-state index in [9.17, 15) is 14.4 Å². The van der Waals surface area contributed by atoms with Gasteiger partial charge in [-0.15, -0.1) is 0 Å². The van der Waals surface area contributed by atoms with Crippen molar-refractivity contribution in [2.75, 3.05) is 11.9 Å². The van der Waals surface area contributed by atoms with E-state index in [1.807, 2.05) is 0 Å². The monoisotopic (exact) mass is 495 g/mol. The molecule has 0 saturated heterocycles. The normalized spacial score (nSPS) is 22.8. The molecule has 0 aliphatic heterocycles. The highest BCUT2D eigenvalue weighted by atomic mass is 16.5. The molecule has 0 aromatic carbocycles. The zero-order chi connectivity index (χ0) is 25.6. The number of nitrogens with zero attached hydrogens (tertiary/aromatic N) is 4. The number of nitrogens with two attached hydrogens (primary N) is 2. The lowest BCUT2D eigenvalue weighted by Gasteiger charge is -2.29. The van der Waals surface area contributed by atoms with E-state index in [1.165, 1.54) is 6.20 Å². The Morgan fingerprint density at radius 2 is 2.00 bits per heavy atom. The summed E-state index contributed by atoms with van der Waals surface area (Å²) in [4.78, 5) is 46.1. The number of hydrogen-bond acceptors (Lipinski definition) is 9. The highest BCUT2D eigenvalue weighted by Gasteiger charge is 2.39. The number of primary amides is 1. The lowest BCUT2D eigenvalue weighted by atomic mass is 9.75. The van der Waals surface area contributed by atoms with Gasteiger partial charge >= 0.3 is 5.97 Å². The predicted molar refractivity (Wildman–Crippen MR) is 131 cm³/mol. The summed E-state index contributed by atoms with van der Waals surface area (Å²) in [6.45, 7) is 3.94. The number of anilines is 1. The number of fused-ring (bicyclic) bond motifs is 1. The van der Waals surface area contributed by atoms with Crippen LogP contribution < -0.4 is 16.8 Å². The van der Waals surface area contributed by atoms with Crippen molar-refractivity contribution in [3.8, 4) is 5.95 Å². The van der Waals surface area contributed by atoms with Gasteiger partial charge in [0.25, 0.3) is 11.9 Å². The molecule has 5 rings (SSSR count). The second-order valence-electron chi connectivity index (χ2n) is 11.0. The maximum absolute atomic E-state index is 13.1. The standard InChI is InChI=1S/C25H33N7O4/c1-25(2)9-17-21(18(33)10-25)16(8-13-6-7-13)31-32(17)24-28-12-14(22(27)35)23(30-24)29-15-4-3-5-19(15)36-20(34)11-26/h12-13,15,19H,3-11,26H2,1-2H3,(H2,27,35)(H,28,29,30). The number of nitrogens with one attached hydrogen (secondary N) is 1. The van der Waals surface area contributed by atoms with Gasteiger partial charge < -0.3 is 21.5 Å². The summed E-state index contributed by atoms with van der Waals surface area (Å²) in [5.74, 6) is 0.0240. The molecule has 11 nitrogen and oxygen atoms in total. The van der Waals surface area contributed by atoms with Crippen molar-refractivity contribution < 1.29 is 19.1 Å². The number of Topliss-reactive ketones (excluding diaryl/α,β-unsaturated/α-hetero) is 1. The van der Waals surface area contributed by atoms with Gasteiger partial charge in [0.05, 0.1) is 35.1 Å². The molecule has 3 aliphatic rings. The molecule has 0 bridgehead atoms. The lowest BCUT2D eigenvalue weighted by Crippen LogP contribution is -2.35. The molecule has 2 heterocycles. The van der Waals surface area contributed by atoms with Crippen LogP contribution >= 0.6 is 0 Å². The fourth-order valence-corrected chi connectivity index (χ4v) is 5.32. The smallest absolute Gasteiger partial charge is 0.320 e. The van der Waals surface area contributed by atoms with Crippen LogP contribution in [0.2, 0.25) is 0 Å². The lowest BCUT2D eigenvalue weighted by molar-refractivity contribution is -0.147. The van der Waals surface area contributed by atoms with E-state index in [1.54, 1.807) is 4.68 Å². The van der Waals surface area contributed by atoms with E-state index in [2.05, 4.69) is 29.1 Å². The molecule has 2 saturated carbocycles. The molecule has 2 unspecified atom stereocenters. The first-order valence-corrected chi connectivity index (χ1v) is 12.6. The van der Waals surface area contributed by atoms with Crippen LogP contribution in [0.25, 0.3) is 5.95 Å². The van der Waals surface area contributed by atoms with Crippen molar-refractivity contribution in [3.05, 3.63) is 28.7 Å². The first-order valence-electron chi connectivity index (χ1n) is 12.6. The minimum Gasteiger partial charge on any atom is -0.459 e. The van der Waals surface area contributed by atoms with Crippen molar-refractivity contribution in [2.24, 2.45) is 22.8 Å². The van der Waals surface area contributed by atoms with E-state index in [-0.39, 0.29) is 47.2 Å². The quantitative estimate of drug-likeness (QED) is 0.462. The Bertz CT molecular complexity index is 1220. The zero-order valence-electron chi connectivity index (χ0n) is 20.7. The third kappa shape index (κ3) is 4.84. The summed E-state index contributed by atoms with van der Waals surface area (Å²) in [5.41, 5.74) is 13.2. The fraction of sp³-hybridized carbons (Fsp3) is 0.600. The van der Waals surface area contributed by atoms with Gasteiger partial charge in [-0.1, -0.05) is 13.8 Å². The molecule has 192 valence electrons. The van der Waals surface area contributed by atoms with E-state index in [4.69, 9.17) is 21.3 Å². The number of amides is 1. The second-order valence-corrected chi connectivity index (χ2v) is 11.0. The Morgan fingerprint density at radius 3 is 2.69 bits per heavy atom. The second kappa shape index (κ2) is 9.27. The molecule has 2 fully saturated rings. The Hall–Kier alpha value is -3.34. The summed E-state index contributed by atoms with van der Waals surface area (Å²) in [7, 11) is 0. The molecule has 0 spiro atoms. The van der Waals surface area contributed by atoms with Gasteiger partial charge in [0, 0.05) is 12.6 Å². The number of ketones is 1. The van der Waals surface area contributed by atoms with Crippen LogP contribution in [-0.4, -0.2) is 56.1 Å². The van der Waals surface area contributed by atoms with Crippen molar-refractivity contribution in [2.45, 2.75) is 77.4 Å². The molecule has 2 atom stereocenters. The number of aromatic nitrogens is 4. The first kappa shape index (κ1) is 24.4. The predicted octanol–water partition coefficient (Wildman–Crippen LogP) is 1.70. The molecule has 0 radical (unpaired) electrons. The number of hydrogen-bond donors (Lipinski definition) is 3. The summed E-state index contributed by atoms with van der Waals surface area (Å²) in [6, 6.07) is -0.251.